The molecule has 1 amide bonds. The quantitative estimate of drug-likeness (QED) is 0.413. The fourth-order valence-electron chi connectivity index (χ4n) is 1.66. The van der Waals surface area contributed by atoms with Crippen LogP contribution in [0.2, 0.25) is 0 Å². The maximum absolute atomic E-state index is 11.4. The third-order valence-electron chi connectivity index (χ3n) is 2.69. The highest BCUT2D eigenvalue weighted by atomic mass is 16.4. The third-order valence-corrected chi connectivity index (χ3v) is 2.69. The van der Waals surface area contributed by atoms with E-state index in [-0.39, 0.29) is 12.3 Å². The van der Waals surface area contributed by atoms with Gasteiger partial charge in [0.05, 0.1) is 6.21 Å². The number of nitrogens with one attached hydrogen (secondary N) is 1. The number of amides is 1. The topological polar surface area (TPSA) is 91.9 Å². The summed E-state index contributed by atoms with van der Waals surface area (Å²) in [5, 5.41) is 12.3. The molecule has 1 rings (SSSR count). The Morgan fingerprint density at radius 3 is 2.55 bits per heavy atom. The Balaban J connectivity index is 2.06. The number of carbonyl (C=O) groups is 2. The Labute approximate surface area is 117 Å². The number of aliphatic carboxylic acids is 1. The monoisotopic (exact) mass is 280 g/mol. The summed E-state index contributed by atoms with van der Waals surface area (Å²) < 4.78 is 5.26. The summed E-state index contributed by atoms with van der Waals surface area (Å²) in [6.07, 6.45) is 5.11. The molecule has 1 heterocycles. The first kappa shape index (κ1) is 15.9. The summed E-state index contributed by atoms with van der Waals surface area (Å²) in [4.78, 5) is 21.7. The van der Waals surface area contributed by atoms with E-state index in [4.69, 9.17) is 9.52 Å². The Hall–Kier alpha value is -2.11. The Bertz CT molecular complexity index is 465. The van der Waals surface area contributed by atoms with Crippen molar-refractivity contribution in [3.05, 3.63) is 23.7 Å². The lowest BCUT2D eigenvalue weighted by Crippen LogP contribution is -2.16. The van der Waals surface area contributed by atoms with Crippen molar-refractivity contribution in [1.82, 2.24) is 5.43 Å². The van der Waals surface area contributed by atoms with Crippen LogP contribution in [0.1, 0.15) is 50.0 Å². The number of carboxylic acids is 1. The maximum atomic E-state index is 11.4. The fraction of sp³-hybridized carbons (Fsp3) is 0.500. The van der Waals surface area contributed by atoms with Gasteiger partial charge in [0.2, 0.25) is 5.91 Å². The Morgan fingerprint density at radius 1 is 1.25 bits per heavy atom. The molecule has 0 aliphatic rings. The summed E-state index contributed by atoms with van der Waals surface area (Å²) in [5.41, 5.74) is 2.43. The second-order valence-corrected chi connectivity index (χ2v) is 4.55. The molecule has 0 radical (unpaired) electrons. The van der Waals surface area contributed by atoms with Gasteiger partial charge in [0.1, 0.15) is 11.5 Å². The van der Waals surface area contributed by atoms with Crippen molar-refractivity contribution in [2.45, 2.75) is 45.4 Å². The molecule has 0 aromatic carbocycles. The molecule has 20 heavy (non-hydrogen) atoms. The van der Waals surface area contributed by atoms with Crippen molar-refractivity contribution in [2.75, 3.05) is 0 Å². The minimum absolute atomic E-state index is 0.150. The zero-order chi connectivity index (χ0) is 14.8. The summed E-state index contributed by atoms with van der Waals surface area (Å²) in [7, 11) is 0. The van der Waals surface area contributed by atoms with Crippen LogP contribution in [0, 0.1) is 6.92 Å². The number of furan rings is 1. The SMILES string of the molecule is Cc1ccc(/C=N/NC(=O)CCCCCCC(=O)O)o1. The minimum Gasteiger partial charge on any atom is -0.481 e. The smallest absolute Gasteiger partial charge is 0.303 e. The summed E-state index contributed by atoms with van der Waals surface area (Å²) in [6.45, 7) is 1.83. The molecule has 6 nitrogen and oxygen atoms in total. The van der Waals surface area contributed by atoms with Crippen LogP contribution in [0.5, 0.6) is 0 Å². The lowest BCUT2D eigenvalue weighted by molar-refractivity contribution is -0.137. The number of hydrazone groups is 1. The van der Waals surface area contributed by atoms with Crippen molar-refractivity contribution in [3.8, 4) is 0 Å². The molecular weight excluding hydrogens is 260 g/mol. The molecule has 1 aromatic rings. The molecule has 6 heteroatoms. The fourth-order valence-corrected chi connectivity index (χ4v) is 1.66. The first-order valence-corrected chi connectivity index (χ1v) is 6.68. The Morgan fingerprint density at radius 2 is 1.95 bits per heavy atom. The van der Waals surface area contributed by atoms with Gasteiger partial charge in [0.25, 0.3) is 0 Å². The van der Waals surface area contributed by atoms with Gasteiger partial charge in [-0.1, -0.05) is 12.8 Å². The predicted octanol–water partition coefficient (Wildman–Crippen LogP) is 2.46. The number of rotatable bonds is 9. The zero-order valence-corrected chi connectivity index (χ0v) is 11.6. The van der Waals surface area contributed by atoms with Gasteiger partial charge in [-0.05, 0) is 31.9 Å². The summed E-state index contributed by atoms with van der Waals surface area (Å²) in [5.74, 6) is 0.462. The van der Waals surface area contributed by atoms with Crippen LogP contribution in [0.25, 0.3) is 0 Å². The van der Waals surface area contributed by atoms with Gasteiger partial charge in [0.15, 0.2) is 0 Å². The minimum atomic E-state index is -0.773. The third kappa shape index (κ3) is 7.35. The van der Waals surface area contributed by atoms with E-state index >= 15 is 0 Å². The molecular formula is C14H20N2O4. The van der Waals surface area contributed by atoms with Crippen LogP contribution in [0.3, 0.4) is 0 Å². The van der Waals surface area contributed by atoms with Gasteiger partial charge < -0.3 is 9.52 Å². The molecule has 1 aromatic heterocycles. The second-order valence-electron chi connectivity index (χ2n) is 4.55. The average Bonchev–Trinajstić information content (AvgIpc) is 2.79. The van der Waals surface area contributed by atoms with Crippen LogP contribution in [-0.4, -0.2) is 23.2 Å². The van der Waals surface area contributed by atoms with Crippen LogP contribution in [0.4, 0.5) is 0 Å². The number of aryl methyl sites for hydroxylation is 1. The van der Waals surface area contributed by atoms with Crippen molar-refractivity contribution < 1.29 is 19.1 Å². The molecule has 110 valence electrons. The number of nitrogens with zero attached hydrogens (tertiary/aromatic N) is 1. The molecule has 0 aliphatic carbocycles. The van der Waals surface area contributed by atoms with Crippen LogP contribution < -0.4 is 5.43 Å². The molecule has 0 aliphatic heterocycles. The van der Waals surface area contributed by atoms with Gasteiger partial charge in [-0.15, -0.1) is 0 Å². The van der Waals surface area contributed by atoms with Crippen molar-refractivity contribution in [3.63, 3.8) is 0 Å². The van der Waals surface area contributed by atoms with Crippen LogP contribution in [0.15, 0.2) is 21.7 Å². The highest BCUT2D eigenvalue weighted by Gasteiger charge is 2.01. The molecule has 0 saturated heterocycles. The van der Waals surface area contributed by atoms with E-state index in [1.807, 2.05) is 13.0 Å². The van der Waals surface area contributed by atoms with Crippen molar-refractivity contribution in [2.24, 2.45) is 5.10 Å². The number of carboxylic acid groups (broad SMARTS) is 1. The van der Waals surface area contributed by atoms with Gasteiger partial charge >= 0.3 is 5.97 Å². The van der Waals surface area contributed by atoms with Crippen molar-refractivity contribution in [1.29, 1.82) is 0 Å². The lowest BCUT2D eigenvalue weighted by Gasteiger charge is -2.00. The predicted molar refractivity (Wildman–Crippen MR) is 74.5 cm³/mol. The summed E-state index contributed by atoms with van der Waals surface area (Å²) >= 11 is 0. The maximum Gasteiger partial charge on any atom is 0.303 e. The van der Waals surface area contributed by atoms with Gasteiger partial charge in [-0.25, -0.2) is 5.43 Å². The van der Waals surface area contributed by atoms with E-state index in [2.05, 4.69) is 10.5 Å². The lowest BCUT2D eigenvalue weighted by atomic mass is 10.1. The largest absolute Gasteiger partial charge is 0.481 e. The van der Waals surface area contributed by atoms with Crippen LogP contribution in [-0.2, 0) is 9.59 Å². The van der Waals surface area contributed by atoms with Crippen LogP contribution >= 0.6 is 0 Å². The molecule has 0 atom stereocenters. The number of unbranched alkanes of at least 4 members (excludes halogenated alkanes) is 3. The van der Waals surface area contributed by atoms with E-state index in [0.717, 1.165) is 25.0 Å². The average molecular weight is 280 g/mol. The first-order valence-electron chi connectivity index (χ1n) is 6.68. The molecule has 0 bridgehead atoms. The molecule has 0 fully saturated rings. The standard InChI is InChI=1S/C14H20N2O4/c1-11-8-9-12(20-11)10-15-16-13(17)6-4-2-3-5-7-14(18)19/h8-10H,2-7H2,1H3,(H,16,17)(H,18,19)/b15-10+. The second kappa shape index (κ2) is 8.90. The number of carbonyl (C=O) groups excluding carboxylic acids is 1. The van der Waals surface area contributed by atoms with Gasteiger partial charge in [0, 0.05) is 12.8 Å². The van der Waals surface area contributed by atoms with E-state index in [9.17, 15) is 9.59 Å². The van der Waals surface area contributed by atoms with E-state index in [0.29, 0.717) is 18.6 Å². The zero-order valence-electron chi connectivity index (χ0n) is 11.6. The number of hydrogen-bond donors (Lipinski definition) is 2. The van der Waals surface area contributed by atoms with E-state index in [1.54, 1.807) is 6.07 Å². The Kier molecular flexibility index (Phi) is 7.10. The van der Waals surface area contributed by atoms with E-state index < -0.39 is 5.97 Å². The summed E-state index contributed by atoms with van der Waals surface area (Å²) in [6, 6.07) is 3.59. The highest BCUT2D eigenvalue weighted by Crippen LogP contribution is 2.05. The van der Waals surface area contributed by atoms with Gasteiger partial charge in [-0.2, -0.15) is 5.10 Å². The van der Waals surface area contributed by atoms with Crippen molar-refractivity contribution >= 4 is 18.1 Å². The van der Waals surface area contributed by atoms with E-state index in [1.165, 1.54) is 6.21 Å². The number of hydrogen-bond acceptors (Lipinski definition) is 4. The van der Waals surface area contributed by atoms with Gasteiger partial charge in [-0.3, -0.25) is 9.59 Å². The molecule has 0 spiro atoms. The highest BCUT2D eigenvalue weighted by molar-refractivity contribution is 5.80. The normalized spacial score (nSPS) is 10.8. The molecule has 0 saturated carbocycles. The first-order chi connectivity index (χ1) is 9.58. The molecule has 2 N–H and O–H groups in total. The molecule has 0 unspecified atom stereocenters.